The molecule has 0 spiro atoms. The number of nitrogens with two attached hydrogens (primary N) is 1. The zero-order valence-corrected chi connectivity index (χ0v) is 11.5. The third kappa shape index (κ3) is 2.09. The molecule has 1 fully saturated rings. The molecule has 1 aromatic carbocycles. The van der Waals surface area contributed by atoms with Gasteiger partial charge in [0.15, 0.2) is 5.82 Å². The number of methoxy groups -OCH3 is 1. The van der Waals surface area contributed by atoms with E-state index in [-0.39, 0.29) is 12.1 Å². The standard InChI is InChI=1S/C13H17N5O2/c1-8-11(5-6-20-8)18-13(15-16-17-18)10-4-3-9(14)7-12(10)19-2/h3-4,7-8,11H,5-6,14H2,1-2H3. The van der Waals surface area contributed by atoms with Gasteiger partial charge in [0.1, 0.15) is 5.75 Å². The number of aromatic nitrogens is 4. The Bertz CT molecular complexity index is 613. The van der Waals surface area contributed by atoms with Gasteiger partial charge in [-0.05, 0) is 35.9 Å². The van der Waals surface area contributed by atoms with E-state index >= 15 is 0 Å². The van der Waals surface area contributed by atoms with Gasteiger partial charge >= 0.3 is 0 Å². The van der Waals surface area contributed by atoms with Crippen LogP contribution in [0.25, 0.3) is 11.4 Å². The monoisotopic (exact) mass is 275 g/mol. The van der Waals surface area contributed by atoms with Gasteiger partial charge in [-0.15, -0.1) is 5.10 Å². The highest BCUT2D eigenvalue weighted by Crippen LogP contribution is 2.34. The van der Waals surface area contributed by atoms with Gasteiger partial charge in [-0.3, -0.25) is 0 Å². The van der Waals surface area contributed by atoms with Crippen molar-refractivity contribution in [2.75, 3.05) is 19.5 Å². The molecule has 0 bridgehead atoms. The summed E-state index contributed by atoms with van der Waals surface area (Å²) in [6, 6.07) is 5.59. The Balaban J connectivity index is 2.05. The summed E-state index contributed by atoms with van der Waals surface area (Å²) in [5.41, 5.74) is 7.25. The van der Waals surface area contributed by atoms with Gasteiger partial charge in [0.25, 0.3) is 0 Å². The van der Waals surface area contributed by atoms with E-state index in [1.165, 1.54) is 0 Å². The van der Waals surface area contributed by atoms with Crippen LogP contribution in [0.3, 0.4) is 0 Å². The molecule has 20 heavy (non-hydrogen) atoms. The van der Waals surface area contributed by atoms with Gasteiger partial charge in [-0.25, -0.2) is 4.68 Å². The summed E-state index contributed by atoms with van der Waals surface area (Å²) >= 11 is 0. The molecule has 3 rings (SSSR count). The SMILES string of the molecule is COc1cc(N)ccc1-c1nnnn1C1CCOC1C. The fourth-order valence-corrected chi connectivity index (χ4v) is 2.53. The Morgan fingerprint density at radius 1 is 1.45 bits per heavy atom. The highest BCUT2D eigenvalue weighted by Gasteiger charge is 2.30. The van der Waals surface area contributed by atoms with Gasteiger partial charge in [0.2, 0.25) is 0 Å². The van der Waals surface area contributed by atoms with E-state index in [4.69, 9.17) is 15.2 Å². The Labute approximate surface area is 116 Å². The highest BCUT2D eigenvalue weighted by atomic mass is 16.5. The number of hydrogen-bond donors (Lipinski definition) is 1. The predicted octanol–water partition coefficient (Wildman–Crippen LogP) is 1.28. The summed E-state index contributed by atoms with van der Waals surface area (Å²) in [7, 11) is 1.60. The molecule has 2 aromatic rings. The van der Waals surface area contributed by atoms with Gasteiger partial charge in [-0.2, -0.15) is 0 Å². The largest absolute Gasteiger partial charge is 0.496 e. The fourth-order valence-electron chi connectivity index (χ4n) is 2.53. The summed E-state index contributed by atoms with van der Waals surface area (Å²) in [5, 5.41) is 12.0. The maximum absolute atomic E-state index is 5.78. The van der Waals surface area contributed by atoms with Gasteiger partial charge in [0.05, 0.1) is 24.8 Å². The maximum Gasteiger partial charge on any atom is 0.186 e. The lowest BCUT2D eigenvalue weighted by molar-refractivity contribution is 0.105. The smallest absolute Gasteiger partial charge is 0.186 e. The van der Waals surface area contributed by atoms with E-state index in [1.54, 1.807) is 13.2 Å². The van der Waals surface area contributed by atoms with Crippen LogP contribution in [0, 0.1) is 0 Å². The number of benzene rings is 1. The van der Waals surface area contributed by atoms with Gasteiger partial charge < -0.3 is 15.2 Å². The van der Waals surface area contributed by atoms with E-state index in [2.05, 4.69) is 15.5 Å². The van der Waals surface area contributed by atoms with Crippen LogP contribution < -0.4 is 10.5 Å². The Morgan fingerprint density at radius 2 is 2.30 bits per heavy atom. The molecule has 0 radical (unpaired) electrons. The molecule has 2 N–H and O–H groups in total. The summed E-state index contributed by atoms with van der Waals surface area (Å²) in [4.78, 5) is 0. The first kappa shape index (κ1) is 12.9. The van der Waals surface area contributed by atoms with Crippen molar-refractivity contribution in [3.63, 3.8) is 0 Å². The average molecular weight is 275 g/mol. The van der Waals surface area contributed by atoms with Crippen molar-refractivity contribution in [1.29, 1.82) is 0 Å². The second-order valence-corrected chi connectivity index (χ2v) is 4.84. The highest BCUT2D eigenvalue weighted by molar-refractivity contribution is 5.67. The predicted molar refractivity (Wildman–Crippen MR) is 73.3 cm³/mol. The molecule has 2 unspecified atom stereocenters. The summed E-state index contributed by atoms with van der Waals surface area (Å²) in [6.45, 7) is 2.76. The van der Waals surface area contributed by atoms with Crippen LogP contribution in [0.5, 0.6) is 5.75 Å². The molecule has 0 aliphatic carbocycles. The minimum atomic E-state index is 0.0945. The molecule has 7 nitrogen and oxygen atoms in total. The Hall–Kier alpha value is -2.15. The van der Waals surface area contributed by atoms with E-state index in [0.717, 1.165) is 18.6 Å². The summed E-state index contributed by atoms with van der Waals surface area (Å²) < 4.78 is 12.8. The molecular formula is C13H17N5O2. The first-order chi connectivity index (χ1) is 9.70. The second kappa shape index (κ2) is 5.09. The van der Waals surface area contributed by atoms with E-state index in [9.17, 15) is 0 Å². The summed E-state index contributed by atoms with van der Waals surface area (Å²) in [6.07, 6.45) is 0.994. The van der Waals surface area contributed by atoms with Crippen molar-refractivity contribution in [2.45, 2.75) is 25.5 Å². The van der Waals surface area contributed by atoms with Crippen LogP contribution in [0.4, 0.5) is 5.69 Å². The summed E-state index contributed by atoms with van der Waals surface area (Å²) in [5.74, 6) is 1.33. The molecule has 2 heterocycles. The van der Waals surface area contributed by atoms with Crippen LogP contribution in [0.15, 0.2) is 18.2 Å². The first-order valence-corrected chi connectivity index (χ1v) is 6.54. The second-order valence-electron chi connectivity index (χ2n) is 4.84. The lowest BCUT2D eigenvalue weighted by Gasteiger charge is -2.16. The molecule has 1 saturated heterocycles. The van der Waals surface area contributed by atoms with Crippen molar-refractivity contribution >= 4 is 5.69 Å². The van der Waals surface area contributed by atoms with E-state index in [0.29, 0.717) is 17.3 Å². The molecule has 106 valence electrons. The number of rotatable bonds is 3. The number of ether oxygens (including phenoxy) is 2. The topological polar surface area (TPSA) is 88.1 Å². The molecule has 1 aromatic heterocycles. The van der Waals surface area contributed by atoms with Crippen molar-refractivity contribution in [1.82, 2.24) is 20.2 Å². The quantitative estimate of drug-likeness (QED) is 0.849. The first-order valence-electron chi connectivity index (χ1n) is 6.54. The van der Waals surface area contributed by atoms with Crippen molar-refractivity contribution in [2.24, 2.45) is 0 Å². The minimum Gasteiger partial charge on any atom is -0.496 e. The van der Waals surface area contributed by atoms with Crippen LogP contribution in [-0.2, 0) is 4.74 Å². The third-order valence-corrected chi connectivity index (χ3v) is 3.61. The fraction of sp³-hybridized carbons (Fsp3) is 0.462. The van der Waals surface area contributed by atoms with Crippen LogP contribution in [-0.4, -0.2) is 40.0 Å². The minimum absolute atomic E-state index is 0.0945. The van der Waals surface area contributed by atoms with E-state index in [1.807, 2.05) is 23.7 Å². The van der Waals surface area contributed by atoms with Crippen molar-refractivity contribution < 1.29 is 9.47 Å². The number of nitrogen functional groups attached to an aromatic ring is 1. The lowest BCUT2D eigenvalue weighted by Crippen LogP contribution is -2.19. The Kier molecular flexibility index (Phi) is 3.27. The van der Waals surface area contributed by atoms with Crippen LogP contribution in [0.2, 0.25) is 0 Å². The van der Waals surface area contributed by atoms with Crippen LogP contribution >= 0.6 is 0 Å². The maximum atomic E-state index is 5.78. The van der Waals surface area contributed by atoms with Crippen molar-refractivity contribution in [3.05, 3.63) is 18.2 Å². The number of hydrogen-bond acceptors (Lipinski definition) is 6. The van der Waals surface area contributed by atoms with Crippen LogP contribution in [0.1, 0.15) is 19.4 Å². The number of nitrogens with zero attached hydrogens (tertiary/aromatic N) is 4. The molecular weight excluding hydrogens is 258 g/mol. The molecule has 7 heteroatoms. The lowest BCUT2D eigenvalue weighted by atomic mass is 10.1. The van der Waals surface area contributed by atoms with Gasteiger partial charge in [0, 0.05) is 18.4 Å². The van der Waals surface area contributed by atoms with Crippen molar-refractivity contribution in [3.8, 4) is 17.1 Å². The Morgan fingerprint density at radius 3 is 3.00 bits per heavy atom. The average Bonchev–Trinajstić information content (AvgIpc) is 3.06. The molecule has 0 amide bonds. The normalized spacial score (nSPS) is 22.1. The number of anilines is 1. The molecule has 2 atom stereocenters. The van der Waals surface area contributed by atoms with E-state index < -0.39 is 0 Å². The number of tetrazole rings is 1. The third-order valence-electron chi connectivity index (χ3n) is 3.61. The van der Waals surface area contributed by atoms with Gasteiger partial charge in [-0.1, -0.05) is 0 Å². The molecule has 1 aliphatic heterocycles. The molecule has 0 saturated carbocycles. The zero-order valence-electron chi connectivity index (χ0n) is 11.5. The molecule has 1 aliphatic rings. The zero-order chi connectivity index (χ0) is 14.1.